The molecule has 0 radical (unpaired) electrons. The van der Waals surface area contributed by atoms with Crippen molar-refractivity contribution in [2.45, 2.75) is 39.1 Å². The molecule has 1 heterocycles. The Morgan fingerprint density at radius 3 is 2.69 bits per heavy atom. The molecule has 3 aromatic rings. The normalized spacial score (nSPS) is 10.8. The number of ether oxygens (including phenoxy) is 1. The van der Waals surface area contributed by atoms with Crippen molar-refractivity contribution >= 4 is 35.0 Å². The Balaban J connectivity index is 1.59. The van der Waals surface area contributed by atoms with Crippen LogP contribution in [-0.4, -0.2) is 26.4 Å². The second-order valence-corrected chi connectivity index (χ2v) is 7.87. The van der Waals surface area contributed by atoms with Gasteiger partial charge in [-0.05, 0) is 56.2 Å². The van der Waals surface area contributed by atoms with Gasteiger partial charge in [0.05, 0.1) is 5.75 Å². The number of carbonyl (C=O) groups excluding carboxylic acids is 1. The zero-order valence-electron chi connectivity index (χ0n) is 16.6. The van der Waals surface area contributed by atoms with Crippen molar-refractivity contribution in [1.29, 1.82) is 0 Å². The number of thioether (sulfide) groups is 1. The first-order valence-electron chi connectivity index (χ1n) is 9.27. The van der Waals surface area contributed by atoms with Gasteiger partial charge in [-0.2, -0.15) is 0 Å². The van der Waals surface area contributed by atoms with E-state index in [0.29, 0.717) is 23.3 Å². The number of halogens is 1. The number of rotatable bonds is 8. The number of benzene rings is 2. The van der Waals surface area contributed by atoms with Crippen molar-refractivity contribution in [2.24, 2.45) is 0 Å². The summed E-state index contributed by atoms with van der Waals surface area (Å²) in [5.41, 5.74) is 2.74. The topological polar surface area (TPSA) is 69.0 Å². The van der Waals surface area contributed by atoms with Crippen molar-refractivity contribution in [3.63, 3.8) is 0 Å². The van der Waals surface area contributed by atoms with E-state index in [4.69, 9.17) is 16.3 Å². The van der Waals surface area contributed by atoms with Crippen molar-refractivity contribution in [3.05, 3.63) is 64.4 Å². The van der Waals surface area contributed by atoms with Gasteiger partial charge < -0.3 is 14.6 Å². The lowest BCUT2D eigenvalue weighted by Gasteiger charge is -2.11. The zero-order valence-corrected chi connectivity index (χ0v) is 18.2. The Hall–Kier alpha value is -2.51. The van der Waals surface area contributed by atoms with Crippen LogP contribution in [0.15, 0.2) is 47.6 Å². The third kappa shape index (κ3) is 5.52. The molecular weight excluding hydrogens is 408 g/mol. The van der Waals surface area contributed by atoms with E-state index in [1.165, 1.54) is 11.8 Å². The predicted octanol–water partition coefficient (Wildman–Crippen LogP) is 4.88. The number of aryl methyl sites for hydroxylation is 2. The minimum Gasteiger partial charge on any atom is -0.485 e. The number of amides is 1. The van der Waals surface area contributed by atoms with E-state index in [1.54, 1.807) is 12.1 Å². The second kappa shape index (κ2) is 9.80. The molecule has 0 aliphatic carbocycles. The van der Waals surface area contributed by atoms with Gasteiger partial charge in [-0.1, -0.05) is 41.6 Å². The molecule has 0 saturated carbocycles. The molecular formula is C21H23ClN4O2S. The summed E-state index contributed by atoms with van der Waals surface area (Å²) in [5.74, 6) is 1.68. The van der Waals surface area contributed by atoms with Gasteiger partial charge >= 0.3 is 0 Å². The third-order valence-corrected chi connectivity index (χ3v) is 5.56. The molecule has 0 aliphatic heterocycles. The lowest BCUT2D eigenvalue weighted by atomic mass is 10.2. The van der Waals surface area contributed by atoms with Gasteiger partial charge in [-0.15, -0.1) is 10.2 Å². The van der Waals surface area contributed by atoms with Gasteiger partial charge in [-0.3, -0.25) is 4.79 Å². The van der Waals surface area contributed by atoms with Gasteiger partial charge in [0.25, 0.3) is 0 Å². The summed E-state index contributed by atoms with van der Waals surface area (Å²) in [6, 6.07) is 13.2. The van der Waals surface area contributed by atoms with E-state index in [-0.39, 0.29) is 11.7 Å². The molecule has 1 aromatic heterocycles. The standard InChI is InChI=1S/C21H23ClN4O2S/c1-4-26-19(12-28-18-8-6-5-7-14(18)2)24-25-21(26)29-13-20(27)23-17-10-9-16(22)11-15(17)3/h5-11H,4,12-13H2,1-3H3,(H,23,27). The number of anilines is 1. The molecule has 1 amide bonds. The average Bonchev–Trinajstić information content (AvgIpc) is 3.10. The van der Waals surface area contributed by atoms with Crippen molar-refractivity contribution in [1.82, 2.24) is 14.8 Å². The maximum absolute atomic E-state index is 12.3. The van der Waals surface area contributed by atoms with Crippen LogP contribution in [0.4, 0.5) is 5.69 Å². The van der Waals surface area contributed by atoms with Gasteiger partial charge in [0, 0.05) is 17.3 Å². The van der Waals surface area contributed by atoms with Crippen LogP contribution in [0.3, 0.4) is 0 Å². The summed E-state index contributed by atoms with van der Waals surface area (Å²) >= 11 is 7.31. The minimum atomic E-state index is -0.108. The molecule has 6 nitrogen and oxygen atoms in total. The Morgan fingerprint density at radius 1 is 1.17 bits per heavy atom. The molecule has 3 rings (SSSR count). The maximum Gasteiger partial charge on any atom is 0.234 e. The van der Waals surface area contributed by atoms with E-state index in [1.807, 2.05) is 55.7 Å². The first kappa shape index (κ1) is 21.2. The number of hydrogen-bond acceptors (Lipinski definition) is 5. The summed E-state index contributed by atoms with van der Waals surface area (Å²) in [6.45, 7) is 6.94. The largest absolute Gasteiger partial charge is 0.485 e. The van der Waals surface area contributed by atoms with E-state index in [9.17, 15) is 4.79 Å². The summed E-state index contributed by atoms with van der Waals surface area (Å²) in [6.07, 6.45) is 0. The third-order valence-electron chi connectivity index (χ3n) is 4.35. The molecule has 152 valence electrons. The molecule has 0 bridgehead atoms. The fraction of sp³-hybridized carbons (Fsp3) is 0.286. The summed E-state index contributed by atoms with van der Waals surface area (Å²) in [7, 11) is 0. The molecule has 0 unspecified atom stereocenters. The Morgan fingerprint density at radius 2 is 1.97 bits per heavy atom. The first-order chi connectivity index (χ1) is 14.0. The SMILES string of the molecule is CCn1c(COc2ccccc2C)nnc1SCC(=O)Nc1ccc(Cl)cc1C. The van der Waals surface area contributed by atoms with E-state index < -0.39 is 0 Å². The predicted molar refractivity (Wildman–Crippen MR) is 117 cm³/mol. The number of nitrogens with one attached hydrogen (secondary N) is 1. The van der Waals surface area contributed by atoms with Crippen LogP contribution >= 0.6 is 23.4 Å². The fourth-order valence-corrected chi connectivity index (χ4v) is 3.84. The van der Waals surface area contributed by atoms with Crippen LogP contribution in [0.25, 0.3) is 0 Å². The molecule has 0 atom stereocenters. The monoisotopic (exact) mass is 430 g/mol. The van der Waals surface area contributed by atoms with Gasteiger partial charge in [-0.25, -0.2) is 0 Å². The van der Waals surface area contributed by atoms with E-state index >= 15 is 0 Å². The molecule has 0 fully saturated rings. The molecule has 8 heteroatoms. The lowest BCUT2D eigenvalue weighted by molar-refractivity contribution is -0.113. The van der Waals surface area contributed by atoms with Gasteiger partial charge in [0.2, 0.25) is 5.91 Å². The molecule has 0 saturated heterocycles. The molecule has 2 aromatic carbocycles. The minimum absolute atomic E-state index is 0.108. The van der Waals surface area contributed by atoms with Crippen LogP contribution in [0, 0.1) is 13.8 Å². The fourth-order valence-electron chi connectivity index (χ4n) is 2.79. The molecule has 0 aliphatic rings. The highest BCUT2D eigenvalue weighted by molar-refractivity contribution is 7.99. The van der Waals surface area contributed by atoms with Crippen LogP contribution < -0.4 is 10.1 Å². The average molecular weight is 431 g/mol. The quantitative estimate of drug-likeness (QED) is 0.516. The van der Waals surface area contributed by atoms with E-state index in [2.05, 4.69) is 15.5 Å². The van der Waals surface area contributed by atoms with E-state index in [0.717, 1.165) is 28.4 Å². The summed E-state index contributed by atoms with van der Waals surface area (Å²) in [5, 5.41) is 12.7. The smallest absolute Gasteiger partial charge is 0.234 e. The lowest BCUT2D eigenvalue weighted by Crippen LogP contribution is -2.15. The summed E-state index contributed by atoms with van der Waals surface area (Å²) in [4.78, 5) is 12.3. The molecule has 1 N–H and O–H groups in total. The van der Waals surface area contributed by atoms with Crippen LogP contribution in [0.5, 0.6) is 5.75 Å². The van der Waals surface area contributed by atoms with Crippen molar-refractivity contribution in [3.8, 4) is 5.75 Å². The van der Waals surface area contributed by atoms with Gasteiger partial charge in [0.1, 0.15) is 12.4 Å². The first-order valence-corrected chi connectivity index (χ1v) is 10.6. The number of carbonyl (C=O) groups is 1. The van der Waals surface area contributed by atoms with Crippen molar-refractivity contribution < 1.29 is 9.53 Å². The van der Waals surface area contributed by atoms with Crippen LogP contribution in [0.2, 0.25) is 5.02 Å². The highest BCUT2D eigenvalue weighted by Gasteiger charge is 2.14. The Labute approximate surface area is 179 Å². The maximum atomic E-state index is 12.3. The number of nitrogens with zero attached hydrogens (tertiary/aromatic N) is 3. The number of para-hydroxylation sites is 1. The highest BCUT2D eigenvalue weighted by Crippen LogP contribution is 2.22. The summed E-state index contributed by atoms with van der Waals surface area (Å²) < 4.78 is 7.85. The zero-order chi connectivity index (χ0) is 20.8. The Kier molecular flexibility index (Phi) is 7.17. The molecule has 29 heavy (non-hydrogen) atoms. The van der Waals surface area contributed by atoms with Gasteiger partial charge in [0.15, 0.2) is 11.0 Å². The van der Waals surface area contributed by atoms with Crippen molar-refractivity contribution in [2.75, 3.05) is 11.1 Å². The van der Waals surface area contributed by atoms with Crippen LogP contribution in [-0.2, 0) is 17.9 Å². The number of aromatic nitrogens is 3. The number of hydrogen-bond donors (Lipinski definition) is 1. The molecule has 0 spiro atoms. The van der Waals surface area contributed by atoms with Crippen LogP contribution in [0.1, 0.15) is 23.9 Å². The second-order valence-electron chi connectivity index (χ2n) is 6.49. The Bertz CT molecular complexity index is 1010. The highest BCUT2D eigenvalue weighted by atomic mass is 35.5.